The molecule has 2 aromatic rings. The smallest absolute Gasteiger partial charge is 0.313 e. The first-order valence-corrected chi connectivity index (χ1v) is 8.18. The maximum atomic E-state index is 11.8. The summed E-state index contributed by atoms with van der Waals surface area (Å²) in [5.74, 6) is -1.27. The van der Waals surface area contributed by atoms with Crippen LogP contribution in [0.3, 0.4) is 0 Å². The van der Waals surface area contributed by atoms with E-state index < -0.39 is 11.8 Å². The van der Waals surface area contributed by atoms with E-state index in [-0.39, 0.29) is 0 Å². The molecule has 22 heavy (non-hydrogen) atoms. The Morgan fingerprint density at radius 1 is 1.00 bits per heavy atom. The molecular weight excluding hydrogens is 296 g/mol. The Morgan fingerprint density at radius 2 is 1.77 bits per heavy atom. The monoisotopic (exact) mass is 314 g/mol. The molecule has 0 unspecified atom stereocenters. The van der Waals surface area contributed by atoms with E-state index in [1.54, 1.807) is 17.8 Å². The number of benzene rings is 2. The molecule has 0 aliphatic rings. The summed E-state index contributed by atoms with van der Waals surface area (Å²) in [4.78, 5) is 24.6. The first-order valence-electron chi connectivity index (χ1n) is 6.96. The Kier molecular flexibility index (Phi) is 6.03. The highest BCUT2D eigenvalue weighted by Gasteiger charge is 2.13. The zero-order chi connectivity index (χ0) is 15.8. The van der Waals surface area contributed by atoms with Gasteiger partial charge in [-0.3, -0.25) is 9.59 Å². The summed E-state index contributed by atoms with van der Waals surface area (Å²) < 4.78 is 0. The third-order valence-electron chi connectivity index (χ3n) is 3.08. The van der Waals surface area contributed by atoms with Gasteiger partial charge >= 0.3 is 11.8 Å². The molecule has 0 aliphatic heterocycles. The van der Waals surface area contributed by atoms with Gasteiger partial charge in [0.15, 0.2) is 0 Å². The molecule has 0 heterocycles. The van der Waals surface area contributed by atoms with Crippen LogP contribution in [0, 0.1) is 0 Å². The second kappa shape index (κ2) is 8.24. The number of anilines is 1. The quantitative estimate of drug-likeness (QED) is 0.659. The van der Waals surface area contributed by atoms with Gasteiger partial charge in [-0.15, -0.1) is 11.8 Å². The molecular formula is C17H18N2O2S. The topological polar surface area (TPSA) is 58.2 Å². The fourth-order valence-electron chi connectivity index (χ4n) is 1.93. The van der Waals surface area contributed by atoms with Gasteiger partial charge in [0, 0.05) is 17.1 Å². The lowest BCUT2D eigenvalue weighted by Gasteiger charge is -2.07. The van der Waals surface area contributed by atoms with Gasteiger partial charge in [0.05, 0.1) is 0 Å². The van der Waals surface area contributed by atoms with Crippen molar-refractivity contribution in [3.63, 3.8) is 0 Å². The van der Waals surface area contributed by atoms with Crippen LogP contribution in [-0.2, 0) is 16.0 Å². The van der Waals surface area contributed by atoms with Gasteiger partial charge in [-0.05, 0) is 36.4 Å². The highest BCUT2D eigenvalue weighted by atomic mass is 32.2. The molecule has 2 rings (SSSR count). The lowest BCUT2D eigenvalue weighted by molar-refractivity contribution is -0.136. The van der Waals surface area contributed by atoms with Gasteiger partial charge in [-0.25, -0.2) is 0 Å². The molecule has 114 valence electrons. The lowest BCUT2D eigenvalue weighted by Crippen LogP contribution is -2.36. The van der Waals surface area contributed by atoms with Gasteiger partial charge in [0.1, 0.15) is 0 Å². The first kappa shape index (κ1) is 16.1. The summed E-state index contributed by atoms with van der Waals surface area (Å²) in [5, 5.41) is 5.22. The van der Waals surface area contributed by atoms with Crippen molar-refractivity contribution in [2.75, 3.05) is 18.1 Å². The molecule has 0 radical (unpaired) electrons. The minimum Gasteiger partial charge on any atom is -0.347 e. The normalized spacial score (nSPS) is 10.0. The van der Waals surface area contributed by atoms with Crippen LogP contribution in [0.2, 0.25) is 0 Å². The number of hydrogen-bond donors (Lipinski definition) is 2. The zero-order valence-electron chi connectivity index (χ0n) is 12.3. The Morgan fingerprint density at radius 3 is 2.50 bits per heavy atom. The Bertz CT molecular complexity index is 644. The first-order chi connectivity index (χ1) is 10.7. The average Bonchev–Trinajstić information content (AvgIpc) is 2.56. The van der Waals surface area contributed by atoms with E-state index in [4.69, 9.17) is 0 Å². The van der Waals surface area contributed by atoms with Crippen molar-refractivity contribution >= 4 is 29.3 Å². The van der Waals surface area contributed by atoms with Crippen molar-refractivity contribution < 1.29 is 9.59 Å². The minimum atomic E-state index is -0.647. The van der Waals surface area contributed by atoms with Crippen molar-refractivity contribution in [1.29, 1.82) is 0 Å². The lowest BCUT2D eigenvalue weighted by atomic mass is 10.1. The largest absolute Gasteiger partial charge is 0.347 e. The third kappa shape index (κ3) is 4.93. The number of carbonyl (C=O) groups is 2. The number of hydrogen-bond acceptors (Lipinski definition) is 3. The van der Waals surface area contributed by atoms with Crippen LogP contribution in [-0.4, -0.2) is 24.6 Å². The van der Waals surface area contributed by atoms with Crippen LogP contribution in [0.4, 0.5) is 5.69 Å². The second-order valence-corrected chi connectivity index (χ2v) is 5.56. The van der Waals surface area contributed by atoms with Gasteiger partial charge in [0.25, 0.3) is 0 Å². The van der Waals surface area contributed by atoms with Crippen molar-refractivity contribution in [1.82, 2.24) is 5.32 Å². The summed E-state index contributed by atoms with van der Waals surface area (Å²) in [6.07, 6.45) is 2.65. The molecule has 2 N–H and O–H groups in total. The van der Waals surface area contributed by atoms with Crippen LogP contribution >= 0.6 is 11.8 Å². The number of amides is 2. The summed E-state index contributed by atoms with van der Waals surface area (Å²) in [5.41, 5.74) is 1.74. The minimum absolute atomic E-state index is 0.432. The van der Waals surface area contributed by atoms with Gasteiger partial charge in [-0.2, -0.15) is 0 Å². The molecule has 2 aromatic carbocycles. The van der Waals surface area contributed by atoms with Gasteiger partial charge in [-0.1, -0.05) is 36.4 Å². The Hall–Kier alpha value is -2.27. The molecule has 0 bridgehead atoms. The fourth-order valence-corrected chi connectivity index (χ4v) is 2.39. The van der Waals surface area contributed by atoms with Crippen molar-refractivity contribution in [2.45, 2.75) is 11.3 Å². The predicted molar refractivity (Wildman–Crippen MR) is 90.0 cm³/mol. The highest BCUT2D eigenvalue weighted by molar-refractivity contribution is 7.98. The fraction of sp³-hybridized carbons (Fsp3) is 0.176. The average molecular weight is 314 g/mol. The second-order valence-electron chi connectivity index (χ2n) is 4.68. The van der Waals surface area contributed by atoms with Crippen LogP contribution < -0.4 is 10.6 Å². The SMILES string of the molecule is CSc1cccc(NC(=O)C(=O)NCCc2ccccc2)c1. The summed E-state index contributed by atoms with van der Waals surface area (Å²) in [6.45, 7) is 0.432. The Balaban J connectivity index is 1.80. The van der Waals surface area contributed by atoms with Crippen LogP contribution in [0.15, 0.2) is 59.5 Å². The number of rotatable bonds is 5. The number of thioether (sulfide) groups is 1. The molecule has 0 saturated carbocycles. The van der Waals surface area contributed by atoms with E-state index in [2.05, 4.69) is 10.6 Å². The number of nitrogens with one attached hydrogen (secondary N) is 2. The van der Waals surface area contributed by atoms with E-state index in [0.29, 0.717) is 18.7 Å². The van der Waals surface area contributed by atoms with E-state index in [0.717, 1.165) is 10.5 Å². The summed E-state index contributed by atoms with van der Waals surface area (Å²) in [7, 11) is 0. The van der Waals surface area contributed by atoms with Crippen LogP contribution in [0.25, 0.3) is 0 Å². The van der Waals surface area contributed by atoms with Crippen LogP contribution in [0.1, 0.15) is 5.56 Å². The standard InChI is InChI=1S/C17H18N2O2S/c1-22-15-9-5-8-14(12-15)19-17(21)16(20)18-11-10-13-6-3-2-4-7-13/h2-9,12H,10-11H2,1H3,(H,18,20)(H,19,21). The number of carbonyl (C=O) groups excluding carboxylic acids is 2. The Labute approximate surface area is 134 Å². The van der Waals surface area contributed by atoms with E-state index in [1.807, 2.05) is 54.8 Å². The van der Waals surface area contributed by atoms with Crippen molar-refractivity contribution in [3.05, 3.63) is 60.2 Å². The van der Waals surface area contributed by atoms with E-state index in [9.17, 15) is 9.59 Å². The maximum absolute atomic E-state index is 11.8. The molecule has 0 spiro atoms. The van der Waals surface area contributed by atoms with E-state index in [1.165, 1.54) is 0 Å². The zero-order valence-corrected chi connectivity index (χ0v) is 13.2. The molecule has 4 nitrogen and oxygen atoms in total. The maximum Gasteiger partial charge on any atom is 0.313 e. The molecule has 0 aromatic heterocycles. The molecule has 0 saturated heterocycles. The predicted octanol–water partition coefficient (Wildman–Crippen LogP) is 2.71. The molecule has 0 atom stereocenters. The molecule has 0 aliphatic carbocycles. The van der Waals surface area contributed by atoms with Crippen molar-refractivity contribution in [3.8, 4) is 0 Å². The van der Waals surface area contributed by atoms with Gasteiger partial charge < -0.3 is 10.6 Å². The highest BCUT2D eigenvalue weighted by Crippen LogP contribution is 2.18. The van der Waals surface area contributed by atoms with Crippen LogP contribution in [0.5, 0.6) is 0 Å². The van der Waals surface area contributed by atoms with Gasteiger partial charge in [0.2, 0.25) is 0 Å². The molecule has 2 amide bonds. The summed E-state index contributed by atoms with van der Waals surface area (Å²) in [6, 6.07) is 17.2. The molecule has 5 heteroatoms. The van der Waals surface area contributed by atoms with Crippen molar-refractivity contribution in [2.24, 2.45) is 0 Å². The van der Waals surface area contributed by atoms with E-state index >= 15 is 0 Å². The summed E-state index contributed by atoms with van der Waals surface area (Å²) >= 11 is 1.58. The third-order valence-corrected chi connectivity index (χ3v) is 3.80. The molecule has 0 fully saturated rings.